The molecule has 0 radical (unpaired) electrons. The third kappa shape index (κ3) is 5.00. The van der Waals surface area contributed by atoms with Crippen molar-refractivity contribution in [3.8, 4) is 5.75 Å². The van der Waals surface area contributed by atoms with E-state index in [1.165, 1.54) is 0 Å². The Morgan fingerprint density at radius 2 is 1.94 bits per heavy atom. The monoisotopic (exact) mass is 581 g/mol. The van der Waals surface area contributed by atoms with Gasteiger partial charge in [-0.2, -0.15) is 0 Å². The van der Waals surface area contributed by atoms with Crippen LogP contribution in [0.1, 0.15) is 46.5 Å². The molecule has 3 heterocycles. The summed E-state index contributed by atoms with van der Waals surface area (Å²) in [6.45, 7) is 6.85. The van der Waals surface area contributed by atoms with E-state index in [4.69, 9.17) is 9.84 Å². The zero-order chi connectivity index (χ0) is 26.0. The molecule has 3 N–H and O–H groups in total. The van der Waals surface area contributed by atoms with Gasteiger partial charge in [-0.25, -0.2) is 0 Å². The number of carbonyl (C=O) groups excluding carboxylic acids is 3. The van der Waals surface area contributed by atoms with Crippen LogP contribution in [0.3, 0.4) is 0 Å². The Bertz CT molecular complexity index is 977. The molecule has 3 unspecified atom stereocenters. The number of unbranched alkanes of at least 4 members (excludes halogenated alkanes) is 2. The maximum absolute atomic E-state index is 13.9. The summed E-state index contributed by atoms with van der Waals surface area (Å²) in [6.07, 6.45) is 2.80. The molecule has 3 saturated heterocycles. The van der Waals surface area contributed by atoms with Crippen molar-refractivity contribution in [2.24, 2.45) is 11.8 Å². The molecule has 3 aliphatic rings. The Morgan fingerprint density at radius 3 is 2.58 bits per heavy atom. The highest BCUT2D eigenvalue weighted by Gasteiger charge is 2.75. The smallest absolute Gasteiger partial charge is 0.244 e. The van der Waals surface area contributed by atoms with Gasteiger partial charge in [0.2, 0.25) is 17.7 Å². The number of likely N-dealkylation sites (tertiary alicyclic amines) is 1. The number of benzene rings is 1. The molecular formula is C26H36BrN3O5S. The molecule has 36 heavy (non-hydrogen) atoms. The molecule has 198 valence electrons. The lowest BCUT2D eigenvalue weighted by Crippen LogP contribution is -2.55. The summed E-state index contributed by atoms with van der Waals surface area (Å²) in [5.41, 5.74) is 0.650. The van der Waals surface area contributed by atoms with Crippen LogP contribution >= 0.6 is 27.7 Å². The second-order valence-electron chi connectivity index (χ2n) is 10.1. The fourth-order valence-electron chi connectivity index (χ4n) is 5.93. The number of carbonyl (C=O) groups is 3. The summed E-state index contributed by atoms with van der Waals surface area (Å²) in [4.78, 5) is 42.8. The maximum Gasteiger partial charge on any atom is 0.244 e. The zero-order valence-electron chi connectivity index (χ0n) is 21.0. The lowest BCUT2D eigenvalue weighted by atomic mass is 9.70. The minimum Gasteiger partial charge on any atom is -0.494 e. The van der Waals surface area contributed by atoms with Crippen LogP contribution in [-0.4, -0.2) is 74.4 Å². The lowest BCUT2D eigenvalue weighted by molar-refractivity contribution is -0.139. The summed E-state index contributed by atoms with van der Waals surface area (Å²) in [6, 6.07) is 6.54. The number of fused-ring (bicyclic) bond motifs is 1. The predicted molar refractivity (Wildman–Crippen MR) is 144 cm³/mol. The van der Waals surface area contributed by atoms with Gasteiger partial charge in [0.15, 0.2) is 0 Å². The summed E-state index contributed by atoms with van der Waals surface area (Å²) in [5, 5.41) is 15.1. The summed E-state index contributed by atoms with van der Waals surface area (Å²) >= 11 is 5.42. The van der Waals surface area contributed by atoms with E-state index in [-0.39, 0.29) is 40.4 Å². The van der Waals surface area contributed by atoms with Crippen molar-refractivity contribution in [1.29, 1.82) is 0 Å². The molecule has 3 amide bonds. The van der Waals surface area contributed by atoms with E-state index < -0.39 is 22.6 Å². The molecule has 1 spiro atoms. The molecule has 10 heteroatoms. The van der Waals surface area contributed by atoms with Gasteiger partial charge in [-0.05, 0) is 70.7 Å². The van der Waals surface area contributed by atoms with Crippen LogP contribution in [0.25, 0.3) is 0 Å². The minimum atomic E-state index is -0.646. The highest BCUT2D eigenvalue weighted by atomic mass is 79.9. The lowest BCUT2D eigenvalue weighted by Gasteiger charge is -2.35. The molecule has 0 aliphatic carbocycles. The first-order valence-electron chi connectivity index (χ1n) is 12.8. The number of nitrogens with one attached hydrogen (secondary N) is 2. The number of alkyl halides is 1. The van der Waals surface area contributed by atoms with Crippen LogP contribution in [0.2, 0.25) is 0 Å². The van der Waals surface area contributed by atoms with E-state index >= 15 is 0 Å². The van der Waals surface area contributed by atoms with Crippen molar-refractivity contribution in [2.45, 2.75) is 73.4 Å². The van der Waals surface area contributed by atoms with Gasteiger partial charge in [0.1, 0.15) is 11.8 Å². The van der Waals surface area contributed by atoms with Crippen molar-refractivity contribution in [1.82, 2.24) is 10.2 Å². The number of nitrogens with zero attached hydrogens (tertiary/aromatic N) is 1. The first-order valence-corrected chi connectivity index (χ1v) is 14.6. The molecular weight excluding hydrogens is 546 g/mol. The molecule has 3 aliphatic heterocycles. The molecule has 0 aromatic heterocycles. The van der Waals surface area contributed by atoms with Gasteiger partial charge in [-0.15, -0.1) is 11.8 Å². The van der Waals surface area contributed by atoms with E-state index in [9.17, 15) is 14.4 Å². The summed E-state index contributed by atoms with van der Waals surface area (Å²) < 4.78 is 4.84. The van der Waals surface area contributed by atoms with Gasteiger partial charge in [-0.3, -0.25) is 14.4 Å². The van der Waals surface area contributed by atoms with Crippen LogP contribution < -0.4 is 15.4 Å². The zero-order valence-corrected chi connectivity index (χ0v) is 23.4. The van der Waals surface area contributed by atoms with Crippen molar-refractivity contribution in [3.63, 3.8) is 0 Å². The van der Waals surface area contributed by atoms with E-state index in [2.05, 4.69) is 26.6 Å². The van der Waals surface area contributed by atoms with Gasteiger partial charge in [0.05, 0.1) is 23.2 Å². The number of ether oxygens (including phenoxy) is 1. The fraction of sp³-hybridized carbons (Fsp3) is 0.654. The average Bonchev–Trinajstić information content (AvgIpc) is 3.41. The molecule has 2 bridgehead atoms. The number of aliphatic hydroxyl groups is 1. The Labute approximate surface area is 225 Å². The average molecular weight is 583 g/mol. The Hall–Kier alpha value is -1.78. The number of aliphatic hydroxyl groups excluding tert-OH is 1. The van der Waals surface area contributed by atoms with E-state index in [0.717, 1.165) is 12.2 Å². The maximum atomic E-state index is 13.9. The third-order valence-electron chi connectivity index (χ3n) is 7.26. The highest BCUT2D eigenvalue weighted by molar-refractivity contribution is 9.09. The van der Waals surface area contributed by atoms with Crippen molar-refractivity contribution >= 4 is 51.1 Å². The largest absolute Gasteiger partial charge is 0.494 e. The van der Waals surface area contributed by atoms with Crippen LogP contribution in [0, 0.1) is 11.8 Å². The van der Waals surface area contributed by atoms with Gasteiger partial charge < -0.3 is 25.4 Å². The van der Waals surface area contributed by atoms with Gasteiger partial charge in [0, 0.05) is 35.0 Å². The first-order chi connectivity index (χ1) is 17.2. The number of hydrogen-bond donors (Lipinski definition) is 3. The summed E-state index contributed by atoms with van der Waals surface area (Å²) in [5.74, 6) is -0.806. The number of thioether (sulfide) groups is 1. The number of rotatable bonds is 11. The number of anilines is 1. The number of hydrogen-bond acceptors (Lipinski definition) is 6. The van der Waals surface area contributed by atoms with E-state index in [0.29, 0.717) is 38.1 Å². The molecule has 8 nitrogen and oxygen atoms in total. The van der Waals surface area contributed by atoms with Gasteiger partial charge in [0.25, 0.3) is 0 Å². The first kappa shape index (κ1) is 27.3. The second-order valence-corrected chi connectivity index (χ2v) is 12.8. The highest BCUT2D eigenvalue weighted by Crippen LogP contribution is 2.67. The summed E-state index contributed by atoms with van der Waals surface area (Å²) in [7, 11) is 0. The molecule has 3 fully saturated rings. The normalized spacial score (nSPS) is 30.6. The van der Waals surface area contributed by atoms with Gasteiger partial charge >= 0.3 is 0 Å². The standard InChI is InChI=1S/C26H36BrN3O5S/c1-4-35-17-10-8-16(9-11-17)29-23(32)19-20-25(34)30(12-6-5-7-13-31)22(24(33)28-15(2)3)26(20)14-18(27)21(19)36-26/h8-11,15,18-22,31H,4-7,12-14H2,1-3H3,(H,28,33)(H,29,32)/t18?,19-,20-,21-,22?,26?/m0/s1. The number of amides is 3. The van der Waals surface area contributed by atoms with Gasteiger partial charge in [-0.1, -0.05) is 15.9 Å². The molecule has 1 aromatic rings. The minimum absolute atomic E-state index is 0.0336. The SMILES string of the molecule is CCOc1ccc(NC(=O)[C@H]2[C@H]3C(=O)N(CCCCCO)C(C(=O)NC(C)C)C34CC(Br)[C@@H]2S4)cc1. The predicted octanol–water partition coefficient (Wildman–Crippen LogP) is 3.18. The van der Waals surface area contributed by atoms with Crippen LogP contribution in [0.4, 0.5) is 5.69 Å². The Balaban J connectivity index is 1.60. The quantitative estimate of drug-likeness (QED) is 0.273. The Morgan fingerprint density at radius 1 is 1.22 bits per heavy atom. The second kappa shape index (κ2) is 11.3. The van der Waals surface area contributed by atoms with Crippen LogP contribution in [-0.2, 0) is 14.4 Å². The van der Waals surface area contributed by atoms with Crippen molar-refractivity contribution in [3.05, 3.63) is 24.3 Å². The van der Waals surface area contributed by atoms with Crippen LogP contribution in [0.5, 0.6) is 5.75 Å². The Kier molecular flexibility index (Phi) is 8.56. The number of halogens is 1. The van der Waals surface area contributed by atoms with E-state index in [1.807, 2.05) is 32.9 Å². The molecule has 6 atom stereocenters. The molecule has 1 aromatic carbocycles. The molecule has 0 saturated carbocycles. The topological polar surface area (TPSA) is 108 Å². The van der Waals surface area contributed by atoms with Crippen molar-refractivity contribution in [2.75, 3.05) is 25.1 Å². The van der Waals surface area contributed by atoms with Crippen molar-refractivity contribution < 1.29 is 24.2 Å². The molecule has 4 rings (SSSR count). The fourth-order valence-corrected chi connectivity index (χ4v) is 9.54. The van der Waals surface area contributed by atoms with E-state index in [1.54, 1.807) is 28.8 Å². The third-order valence-corrected chi connectivity index (χ3v) is 10.5. The van der Waals surface area contributed by atoms with Crippen LogP contribution in [0.15, 0.2) is 24.3 Å².